The number of hydrogen-bond donors (Lipinski definition) is 2. The van der Waals surface area contributed by atoms with Crippen LogP contribution in [0.4, 0.5) is 5.13 Å². The van der Waals surface area contributed by atoms with Crippen molar-refractivity contribution in [1.29, 1.82) is 0 Å². The average Bonchev–Trinajstić information content (AvgIpc) is 2.85. The molecule has 0 bridgehead atoms. The zero-order chi connectivity index (χ0) is 13.8. The molecule has 0 aliphatic rings. The number of hydrogen-bond acceptors (Lipinski definition) is 5. The molecule has 0 aliphatic carbocycles. The molecule has 1 atom stereocenters. The van der Waals surface area contributed by atoms with Gasteiger partial charge in [-0.15, -0.1) is 10.2 Å². The van der Waals surface area contributed by atoms with E-state index >= 15 is 0 Å². The molecule has 0 spiro atoms. The highest BCUT2D eigenvalue weighted by molar-refractivity contribution is 7.18. The van der Waals surface area contributed by atoms with Gasteiger partial charge in [0.05, 0.1) is 0 Å². The second-order valence-corrected chi connectivity index (χ2v) is 5.46. The summed E-state index contributed by atoms with van der Waals surface area (Å²) in [5.41, 5.74) is 0.976. The van der Waals surface area contributed by atoms with Gasteiger partial charge < -0.3 is 10.4 Å². The van der Waals surface area contributed by atoms with Crippen molar-refractivity contribution < 1.29 is 9.90 Å². The standard InChI is InChI=1S/C13H15N3O2S/c1-8(2)10(12(17)18)14-13-16-15-11(19-13)9-6-4-3-5-7-9/h3-8,10H,1-2H3,(H,14,16)(H,17,18)/t10-/m1/s1. The first-order chi connectivity index (χ1) is 9.08. The van der Waals surface area contributed by atoms with E-state index in [-0.39, 0.29) is 5.92 Å². The summed E-state index contributed by atoms with van der Waals surface area (Å²) in [6.07, 6.45) is 0. The minimum absolute atomic E-state index is 0.0263. The van der Waals surface area contributed by atoms with Gasteiger partial charge in [0.15, 0.2) is 0 Å². The Kier molecular flexibility index (Phi) is 4.11. The number of benzene rings is 1. The number of nitrogens with one attached hydrogen (secondary N) is 1. The van der Waals surface area contributed by atoms with Gasteiger partial charge in [-0.25, -0.2) is 4.79 Å². The van der Waals surface area contributed by atoms with Crippen molar-refractivity contribution in [3.8, 4) is 10.6 Å². The fraction of sp³-hybridized carbons (Fsp3) is 0.308. The van der Waals surface area contributed by atoms with Crippen LogP contribution in [0, 0.1) is 5.92 Å². The molecule has 5 nitrogen and oxygen atoms in total. The number of aromatic nitrogens is 2. The maximum absolute atomic E-state index is 11.1. The summed E-state index contributed by atoms with van der Waals surface area (Å²) in [6.45, 7) is 3.70. The van der Waals surface area contributed by atoms with E-state index in [2.05, 4.69) is 15.5 Å². The summed E-state index contributed by atoms with van der Waals surface area (Å²) in [5.74, 6) is -0.909. The first-order valence-corrected chi connectivity index (χ1v) is 6.78. The van der Waals surface area contributed by atoms with Gasteiger partial charge in [-0.2, -0.15) is 0 Å². The van der Waals surface area contributed by atoms with E-state index in [9.17, 15) is 4.79 Å². The van der Waals surface area contributed by atoms with Crippen LogP contribution < -0.4 is 5.32 Å². The van der Waals surface area contributed by atoms with E-state index in [1.54, 1.807) is 0 Å². The topological polar surface area (TPSA) is 75.1 Å². The molecule has 1 heterocycles. The Hall–Kier alpha value is -1.95. The molecule has 100 valence electrons. The van der Waals surface area contributed by atoms with Crippen LogP contribution in [0.5, 0.6) is 0 Å². The monoisotopic (exact) mass is 277 g/mol. The van der Waals surface area contributed by atoms with Crippen molar-refractivity contribution in [2.45, 2.75) is 19.9 Å². The van der Waals surface area contributed by atoms with Crippen LogP contribution in [0.15, 0.2) is 30.3 Å². The fourth-order valence-corrected chi connectivity index (χ4v) is 2.41. The zero-order valence-corrected chi connectivity index (χ0v) is 11.5. The number of rotatable bonds is 5. The second kappa shape index (κ2) is 5.79. The lowest BCUT2D eigenvalue weighted by molar-refractivity contribution is -0.138. The van der Waals surface area contributed by atoms with Crippen LogP contribution in [0.25, 0.3) is 10.6 Å². The van der Waals surface area contributed by atoms with Gasteiger partial charge in [0.25, 0.3) is 0 Å². The van der Waals surface area contributed by atoms with Gasteiger partial charge >= 0.3 is 5.97 Å². The molecule has 0 unspecified atom stereocenters. The Bertz CT molecular complexity index is 554. The number of carbonyl (C=O) groups is 1. The van der Waals surface area contributed by atoms with Gasteiger partial charge in [-0.3, -0.25) is 0 Å². The predicted octanol–water partition coefficient (Wildman–Crippen LogP) is 2.73. The molecule has 6 heteroatoms. The second-order valence-electron chi connectivity index (χ2n) is 4.48. The molecule has 2 aromatic rings. The number of carboxylic acid groups (broad SMARTS) is 1. The number of carboxylic acids is 1. The summed E-state index contributed by atoms with van der Waals surface area (Å²) in [7, 11) is 0. The molecule has 0 saturated heterocycles. The van der Waals surface area contributed by atoms with Crippen molar-refractivity contribution in [2.75, 3.05) is 5.32 Å². The van der Waals surface area contributed by atoms with Crippen molar-refractivity contribution in [1.82, 2.24) is 10.2 Å². The quantitative estimate of drug-likeness (QED) is 0.879. The normalized spacial score (nSPS) is 12.4. The van der Waals surface area contributed by atoms with E-state index in [1.165, 1.54) is 11.3 Å². The van der Waals surface area contributed by atoms with E-state index in [4.69, 9.17) is 5.11 Å². The third-order valence-corrected chi connectivity index (χ3v) is 3.56. The molecular formula is C13H15N3O2S. The summed E-state index contributed by atoms with van der Waals surface area (Å²) in [6, 6.07) is 9.03. The minimum Gasteiger partial charge on any atom is -0.480 e. The summed E-state index contributed by atoms with van der Waals surface area (Å²) >= 11 is 1.35. The van der Waals surface area contributed by atoms with E-state index in [0.717, 1.165) is 10.6 Å². The molecule has 2 rings (SSSR count). The van der Waals surface area contributed by atoms with E-state index in [1.807, 2.05) is 44.2 Å². The van der Waals surface area contributed by atoms with Crippen molar-refractivity contribution in [3.05, 3.63) is 30.3 Å². The van der Waals surface area contributed by atoms with Crippen LogP contribution in [-0.4, -0.2) is 27.3 Å². The van der Waals surface area contributed by atoms with Gasteiger partial charge in [0.2, 0.25) is 5.13 Å². The maximum Gasteiger partial charge on any atom is 0.326 e. The molecule has 1 aromatic heterocycles. The first kappa shape index (κ1) is 13.5. The van der Waals surface area contributed by atoms with Crippen molar-refractivity contribution in [3.63, 3.8) is 0 Å². The Morgan fingerprint density at radius 2 is 1.95 bits per heavy atom. The molecule has 1 aromatic carbocycles. The van der Waals surface area contributed by atoms with Gasteiger partial charge in [0, 0.05) is 5.56 Å². The Labute approximate surface area is 115 Å². The van der Waals surface area contributed by atoms with Gasteiger partial charge in [-0.05, 0) is 5.92 Å². The molecular weight excluding hydrogens is 262 g/mol. The molecule has 0 saturated carbocycles. The molecule has 0 fully saturated rings. The van der Waals surface area contributed by atoms with E-state index in [0.29, 0.717) is 5.13 Å². The lowest BCUT2D eigenvalue weighted by Gasteiger charge is -2.16. The van der Waals surface area contributed by atoms with Crippen LogP contribution in [0.2, 0.25) is 0 Å². The van der Waals surface area contributed by atoms with Crippen LogP contribution in [0.1, 0.15) is 13.8 Å². The number of nitrogens with zero attached hydrogens (tertiary/aromatic N) is 2. The summed E-state index contributed by atoms with van der Waals surface area (Å²) in [5, 5.41) is 21.4. The van der Waals surface area contributed by atoms with Crippen LogP contribution in [-0.2, 0) is 4.79 Å². The molecule has 0 amide bonds. The maximum atomic E-state index is 11.1. The minimum atomic E-state index is -0.883. The number of anilines is 1. The lowest BCUT2D eigenvalue weighted by atomic mass is 10.1. The SMILES string of the molecule is CC(C)[C@@H](Nc1nnc(-c2ccccc2)s1)C(=O)O. The van der Waals surface area contributed by atoms with Gasteiger partial charge in [0.1, 0.15) is 11.0 Å². The van der Waals surface area contributed by atoms with Crippen LogP contribution in [0.3, 0.4) is 0 Å². The molecule has 0 radical (unpaired) electrons. The third kappa shape index (κ3) is 3.29. The molecule has 2 N–H and O–H groups in total. The zero-order valence-electron chi connectivity index (χ0n) is 10.7. The van der Waals surface area contributed by atoms with Gasteiger partial charge in [-0.1, -0.05) is 55.5 Å². The first-order valence-electron chi connectivity index (χ1n) is 5.96. The Morgan fingerprint density at radius 1 is 1.26 bits per heavy atom. The highest BCUT2D eigenvalue weighted by Crippen LogP contribution is 2.26. The highest BCUT2D eigenvalue weighted by Gasteiger charge is 2.22. The fourth-order valence-electron chi connectivity index (χ4n) is 1.63. The highest BCUT2D eigenvalue weighted by atomic mass is 32.1. The number of aliphatic carboxylic acids is 1. The average molecular weight is 277 g/mol. The van der Waals surface area contributed by atoms with Crippen molar-refractivity contribution in [2.24, 2.45) is 5.92 Å². The largest absolute Gasteiger partial charge is 0.480 e. The van der Waals surface area contributed by atoms with Crippen LogP contribution >= 0.6 is 11.3 Å². The predicted molar refractivity (Wildman–Crippen MR) is 75.2 cm³/mol. The van der Waals surface area contributed by atoms with Crippen molar-refractivity contribution >= 4 is 22.4 Å². The molecule has 0 aliphatic heterocycles. The van der Waals surface area contributed by atoms with E-state index < -0.39 is 12.0 Å². The third-order valence-electron chi connectivity index (χ3n) is 2.66. The smallest absolute Gasteiger partial charge is 0.326 e. The lowest BCUT2D eigenvalue weighted by Crippen LogP contribution is -2.34. The molecule has 19 heavy (non-hydrogen) atoms. The summed E-state index contributed by atoms with van der Waals surface area (Å²) in [4.78, 5) is 11.1. The Balaban J connectivity index is 2.16. The summed E-state index contributed by atoms with van der Waals surface area (Å²) < 4.78 is 0. The Morgan fingerprint density at radius 3 is 2.53 bits per heavy atom.